The van der Waals surface area contributed by atoms with Gasteiger partial charge >= 0.3 is 6.18 Å². The summed E-state index contributed by atoms with van der Waals surface area (Å²) in [6, 6.07) is 8.14. The van der Waals surface area contributed by atoms with E-state index in [4.69, 9.17) is 0 Å². The van der Waals surface area contributed by atoms with Crippen molar-refractivity contribution in [1.29, 1.82) is 0 Å². The first-order valence-corrected chi connectivity index (χ1v) is 8.32. The monoisotopic (exact) mass is 388 g/mol. The van der Waals surface area contributed by atoms with E-state index in [9.17, 15) is 18.0 Å². The number of nitrogens with zero attached hydrogens (tertiary/aromatic N) is 4. The fourth-order valence-electron chi connectivity index (χ4n) is 2.94. The van der Waals surface area contributed by atoms with Crippen LogP contribution in [0, 0.1) is 0 Å². The fourth-order valence-corrected chi connectivity index (χ4v) is 2.94. The molecule has 3 heterocycles. The van der Waals surface area contributed by atoms with Gasteiger partial charge in [0.1, 0.15) is 6.17 Å². The zero-order chi connectivity index (χ0) is 19.9. The van der Waals surface area contributed by atoms with E-state index in [1.54, 1.807) is 24.3 Å². The van der Waals surface area contributed by atoms with Crippen molar-refractivity contribution >= 4 is 11.6 Å². The summed E-state index contributed by atoms with van der Waals surface area (Å²) in [7, 11) is 1.78. The number of carbonyl (C=O) groups excluding carboxylic acids is 1. The third kappa shape index (κ3) is 3.29. The summed E-state index contributed by atoms with van der Waals surface area (Å²) in [6.45, 7) is 0. The number of rotatable bonds is 3. The quantitative estimate of drug-likeness (QED) is 0.721. The lowest BCUT2D eigenvalue weighted by Crippen LogP contribution is -2.45. The molecule has 2 aromatic heterocycles. The smallest absolute Gasteiger partial charge is 0.330 e. The van der Waals surface area contributed by atoms with Crippen molar-refractivity contribution in [3.63, 3.8) is 0 Å². The number of carbonyl (C=O) groups is 1. The normalized spacial score (nSPS) is 16.7. The lowest BCUT2D eigenvalue weighted by atomic mass is 10.0. The lowest BCUT2D eigenvalue weighted by Gasteiger charge is -2.15. The number of amides is 1. The molecular formula is C18H15F3N6O. The molecule has 7 nitrogen and oxygen atoms in total. The minimum atomic E-state index is -4.52. The van der Waals surface area contributed by atoms with Crippen molar-refractivity contribution in [3.05, 3.63) is 66.1 Å². The number of nitrogens with one attached hydrogen (secondary N) is 2. The van der Waals surface area contributed by atoms with Crippen LogP contribution < -0.4 is 10.7 Å². The second-order valence-corrected chi connectivity index (χ2v) is 6.21. The van der Waals surface area contributed by atoms with Crippen LogP contribution in [0.3, 0.4) is 0 Å². The molecule has 0 fully saturated rings. The van der Waals surface area contributed by atoms with Crippen molar-refractivity contribution in [1.82, 2.24) is 30.3 Å². The van der Waals surface area contributed by atoms with Crippen LogP contribution >= 0.6 is 0 Å². The summed E-state index contributed by atoms with van der Waals surface area (Å²) in [5.41, 5.74) is 2.66. The van der Waals surface area contributed by atoms with Gasteiger partial charge in [0.2, 0.25) is 0 Å². The molecule has 144 valence electrons. The number of aromatic nitrogens is 3. The van der Waals surface area contributed by atoms with Gasteiger partial charge in [0.15, 0.2) is 11.3 Å². The first-order valence-electron chi connectivity index (χ1n) is 8.32. The first-order chi connectivity index (χ1) is 13.3. The molecule has 0 saturated carbocycles. The summed E-state index contributed by atoms with van der Waals surface area (Å²) >= 11 is 0. The third-order valence-electron chi connectivity index (χ3n) is 4.23. The zero-order valence-electron chi connectivity index (χ0n) is 14.6. The Morgan fingerprint density at radius 2 is 2.00 bits per heavy atom. The molecule has 0 aliphatic carbocycles. The van der Waals surface area contributed by atoms with Crippen LogP contribution in [0.15, 0.2) is 54.9 Å². The molecule has 28 heavy (non-hydrogen) atoms. The van der Waals surface area contributed by atoms with E-state index in [0.29, 0.717) is 5.65 Å². The van der Waals surface area contributed by atoms with Gasteiger partial charge in [0.25, 0.3) is 5.91 Å². The van der Waals surface area contributed by atoms with Gasteiger partial charge in [0, 0.05) is 18.8 Å². The number of imidazole rings is 1. The highest BCUT2D eigenvalue weighted by molar-refractivity contribution is 5.93. The van der Waals surface area contributed by atoms with E-state index in [1.807, 2.05) is 0 Å². The Kier molecular flexibility index (Phi) is 4.27. The van der Waals surface area contributed by atoms with Crippen LogP contribution in [0.1, 0.15) is 16.1 Å². The minimum Gasteiger partial charge on any atom is -0.330 e. The molecule has 1 aromatic carbocycles. The Labute approximate surface area is 157 Å². The van der Waals surface area contributed by atoms with Gasteiger partial charge in [-0.2, -0.15) is 18.3 Å². The molecule has 4 rings (SSSR count). The second-order valence-electron chi connectivity index (χ2n) is 6.21. The minimum absolute atomic E-state index is 0.0704. The SMILES string of the molecule is CN1C=CC(NC(=O)c2cnc3ccc(-c4ccccc4C(F)(F)F)nn23)N1. The Balaban J connectivity index is 1.71. The predicted molar refractivity (Wildman–Crippen MR) is 94.7 cm³/mol. The van der Waals surface area contributed by atoms with E-state index in [-0.39, 0.29) is 17.0 Å². The fraction of sp³-hybridized carbons (Fsp3) is 0.167. The van der Waals surface area contributed by atoms with Crippen molar-refractivity contribution in [2.75, 3.05) is 7.05 Å². The van der Waals surface area contributed by atoms with E-state index in [0.717, 1.165) is 6.07 Å². The van der Waals surface area contributed by atoms with E-state index >= 15 is 0 Å². The summed E-state index contributed by atoms with van der Waals surface area (Å²) < 4.78 is 41.2. The third-order valence-corrected chi connectivity index (χ3v) is 4.23. The molecule has 2 N–H and O–H groups in total. The molecule has 1 amide bonds. The van der Waals surface area contributed by atoms with Gasteiger partial charge < -0.3 is 10.3 Å². The van der Waals surface area contributed by atoms with E-state index < -0.39 is 23.8 Å². The Bertz CT molecular complexity index is 1070. The average molecular weight is 388 g/mol. The molecular weight excluding hydrogens is 373 g/mol. The Morgan fingerprint density at radius 1 is 1.21 bits per heavy atom. The maximum absolute atomic E-state index is 13.3. The van der Waals surface area contributed by atoms with Crippen molar-refractivity contribution in [3.8, 4) is 11.3 Å². The summed E-state index contributed by atoms with van der Waals surface area (Å²) in [5.74, 6) is -0.460. The highest BCUT2D eigenvalue weighted by Crippen LogP contribution is 2.36. The largest absolute Gasteiger partial charge is 0.417 e. The molecule has 0 saturated heterocycles. The number of benzene rings is 1. The lowest BCUT2D eigenvalue weighted by molar-refractivity contribution is -0.137. The van der Waals surface area contributed by atoms with Crippen LogP contribution in [-0.2, 0) is 6.18 Å². The Hall–Kier alpha value is -3.40. The van der Waals surface area contributed by atoms with Gasteiger partial charge in [-0.3, -0.25) is 4.79 Å². The summed E-state index contributed by atoms with van der Waals surface area (Å²) in [6.07, 6.45) is -0.0881. The van der Waals surface area contributed by atoms with E-state index in [1.165, 1.54) is 41.0 Å². The van der Waals surface area contributed by atoms with Crippen molar-refractivity contribution in [2.45, 2.75) is 12.3 Å². The number of halogens is 3. The van der Waals surface area contributed by atoms with E-state index in [2.05, 4.69) is 20.8 Å². The number of hydrogen-bond donors (Lipinski definition) is 2. The highest BCUT2D eigenvalue weighted by Gasteiger charge is 2.33. The Morgan fingerprint density at radius 3 is 2.71 bits per heavy atom. The molecule has 0 radical (unpaired) electrons. The maximum atomic E-state index is 13.3. The first kappa shape index (κ1) is 18.0. The molecule has 1 aliphatic rings. The summed E-state index contributed by atoms with van der Waals surface area (Å²) in [5, 5.41) is 8.66. The standard InChI is InChI=1S/C18H15F3N6O/c1-26-9-8-15(25-26)23-17(28)14-10-22-16-7-6-13(24-27(14)16)11-4-2-3-5-12(11)18(19,20)21/h2-10,15,25H,1H3,(H,23,28). The molecule has 1 aliphatic heterocycles. The highest BCUT2D eigenvalue weighted by atomic mass is 19.4. The zero-order valence-corrected chi connectivity index (χ0v) is 14.6. The molecule has 10 heteroatoms. The van der Waals surface area contributed by atoms with Crippen LogP contribution in [0.5, 0.6) is 0 Å². The van der Waals surface area contributed by atoms with Crippen molar-refractivity contribution in [2.24, 2.45) is 0 Å². The van der Waals surface area contributed by atoms with Gasteiger partial charge in [-0.05, 0) is 24.3 Å². The van der Waals surface area contributed by atoms with Gasteiger partial charge in [0.05, 0.1) is 17.5 Å². The number of hydrazine groups is 1. The van der Waals surface area contributed by atoms with Crippen LogP contribution in [0.25, 0.3) is 16.9 Å². The summed E-state index contributed by atoms with van der Waals surface area (Å²) in [4.78, 5) is 16.7. The van der Waals surface area contributed by atoms with Crippen molar-refractivity contribution < 1.29 is 18.0 Å². The number of hydrogen-bond acceptors (Lipinski definition) is 5. The molecule has 1 unspecified atom stereocenters. The maximum Gasteiger partial charge on any atom is 0.417 e. The van der Waals surface area contributed by atoms with Gasteiger partial charge in [-0.15, -0.1) is 0 Å². The molecule has 1 atom stereocenters. The topological polar surface area (TPSA) is 74.6 Å². The number of alkyl halides is 3. The van der Waals surface area contributed by atoms with Crippen LogP contribution in [-0.4, -0.2) is 38.7 Å². The molecule has 0 bridgehead atoms. The molecule has 3 aromatic rings. The predicted octanol–water partition coefficient (Wildman–Crippen LogP) is 2.43. The number of fused-ring (bicyclic) bond motifs is 1. The van der Waals surface area contributed by atoms with Crippen LogP contribution in [0.2, 0.25) is 0 Å². The average Bonchev–Trinajstić information content (AvgIpc) is 3.26. The van der Waals surface area contributed by atoms with Gasteiger partial charge in [-0.25, -0.2) is 14.9 Å². The van der Waals surface area contributed by atoms with Crippen LogP contribution in [0.4, 0.5) is 13.2 Å². The van der Waals surface area contributed by atoms with Gasteiger partial charge in [-0.1, -0.05) is 18.2 Å². The second kappa shape index (κ2) is 6.64. The molecule has 0 spiro atoms.